The van der Waals surface area contributed by atoms with Crippen molar-refractivity contribution in [2.75, 3.05) is 0 Å². The van der Waals surface area contributed by atoms with Gasteiger partial charge in [0.1, 0.15) is 6.04 Å². The van der Waals surface area contributed by atoms with E-state index in [4.69, 9.17) is 5.73 Å². The van der Waals surface area contributed by atoms with Crippen molar-refractivity contribution in [1.29, 1.82) is 0 Å². The molecule has 3 aromatic rings. The standard InChI is InChI=1S/C27H29N3O3/c28-27(33)24-16-21(23-7-4-8-25(31)30(23)24)18-11-9-17(10-12-18)15-20-13-14-22(29-20)26(32)19-5-2-1-3-6-19/h1-12,20-22,24,26,29,32H,13-16H2,(H2,28,33)/t20-,21?,22+,24?,26+/m0/s1. The van der Waals surface area contributed by atoms with E-state index in [2.05, 4.69) is 29.6 Å². The molecule has 0 saturated carbocycles. The molecule has 2 unspecified atom stereocenters. The zero-order valence-electron chi connectivity index (χ0n) is 18.4. The lowest BCUT2D eigenvalue weighted by Gasteiger charge is -2.20. The summed E-state index contributed by atoms with van der Waals surface area (Å²) in [6.45, 7) is 0. The fraction of sp³-hybridized carbons (Fsp3) is 0.333. The third-order valence-electron chi connectivity index (χ3n) is 7.14. The zero-order chi connectivity index (χ0) is 22.9. The van der Waals surface area contributed by atoms with Crippen LogP contribution in [-0.2, 0) is 11.2 Å². The van der Waals surface area contributed by atoms with Crippen molar-refractivity contribution < 1.29 is 9.90 Å². The lowest BCUT2D eigenvalue weighted by molar-refractivity contribution is -0.121. The van der Waals surface area contributed by atoms with Gasteiger partial charge in [0.2, 0.25) is 5.91 Å². The summed E-state index contributed by atoms with van der Waals surface area (Å²) in [6.07, 6.45) is 2.87. The van der Waals surface area contributed by atoms with E-state index in [9.17, 15) is 14.7 Å². The topological polar surface area (TPSA) is 97.4 Å². The smallest absolute Gasteiger partial charge is 0.251 e. The summed E-state index contributed by atoms with van der Waals surface area (Å²) in [6, 6.07) is 23.2. The van der Waals surface area contributed by atoms with Crippen molar-refractivity contribution >= 4 is 5.91 Å². The Bertz CT molecular complexity index is 1190. The van der Waals surface area contributed by atoms with Gasteiger partial charge in [-0.25, -0.2) is 0 Å². The molecule has 2 aromatic carbocycles. The average Bonchev–Trinajstić information content (AvgIpc) is 3.46. The first kappa shape index (κ1) is 21.6. The second kappa shape index (κ2) is 8.96. The Labute approximate surface area is 193 Å². The third-order valence-corrected chi connectivity index (χ3v) is 7.14. The number of amides is 1. The molecular formula is C27H29N3O3. The molecule has 6 heteroatoms. The number of aromatic nitrogens is 1. The minimum Gasteiger partial charge on any atom is -0.387 e. The summed E-state index contributed by atoms with van der Waals surface area (Å²) >= 11 is 0. The number of hydrogen-bond acceptors (Lipinski definition) is 4. The van der Waals surface area contributed by atoms with E-state index in [-0.39, 0.29) is 17.5 Å². The molecule has 3 heterocycles. The Kier molecular flexibility index (Phi) is 5.87. The summed E-state index contributed by atoms with van der Waals surface area (Å²) in [5, 5.41) is 14.3. The van der Waals surface area contributed by atoms with Crippen molar-refractivity contribution in [2.24, 2.45) is 5.73 Å². The van der Waals surface area contributed by atoms with Gasteiger partial charge in [-0.15, -0.1) is 0 Å². The maximum atomic E-state index is 12.3. The van der Waals surface area contributed by atoms with Crippen LogP contribution in [0.15, 0.2) is 77.6 Å². The van der Waals surface area contributed by atoms with Crippen LogP contribution in [0, 0.1) is 0 Å². The number of aliphatic hydroxyl groups excluding tert-OH is 1. The van der Waals surface area contributed by atoms with Gasteiger partial charge in [-0.3, -0.25) is 14.2 Å². The molecule has 33 heavy (non-hydrogen) atoms. The van der Waals surface area contributed by atoms with Gasteiger partial charge in [0, 0.05) is 29.8 Å². The van der Waals surface area contributed by atoms with Crippen LogP contribution in [0.3, 0.4) is 0 Å². The monoisotopic (exact) mass is 443 g/mol. The highest BCUT2D eigenvalue weighted by molar-refractivity contribution is 5.79. The molecule has 0 radical (unpaired) electrons. The first-order chi connectivity index (χ1) is 16.0. The lowest BCUT2D eigenvalue weighted by Crippen LogP contribution is -2.35. The Hall–Kier alpha value is -3.22. The highest BCUT2D eigenvalue weighted by atomic mass is 16.3. The van der Waals surface area contributed by atoms with Crippen molar-refractivity contribution in [3.05, 3.63) is 106 Å². The summed E-state index contributed by atoms with van der Waals surface area (Å²) in [7, 11) is 0. The highest BCUT2D eigenvalue weighted by Gasteiger charge is 2.35. The molecule has 0 aliphatic carbocycles. The van der Waals surface area contributed by atoms with Crippen LogP contribution in [0.1, 0.15) is 59.7 Å². The number of carbonyl (C=O) groups is 1. The summed E-state index contributed by atoms with van der Waals surface area (Å²) in [5.41, 5.74) is 9.49. The molecule has 170 valence electrons. The number of rotatable bonds is 6. The van der Waals surface area contributed by atoms with Crippen LogP contribution in [-0.4, -0.2) is 27.7 Å². The third kappa shape index (κ3) is 4.24. The first-order valence-corrected chi connectivity index (χ1v) is 11.6. The molecule has 2 aliphatic rings. The molecule has 2 aliphatic heterocycles. The number of aliphatic hydroxyl groups is 1. The zero-order valence-corrected chi connectivity index (χ0v) is 18.4. The molecule has 5 atom stereocenters. The molecule has 0 spiro atoms. The van der Waals surface area contributed by atoms with Crippen molar-refractivity contribution in [3.63, 3.8) is 0 Å². The van der Waals surface area contributed by atoms with Gasteiger partial charge in [-0.1, -0.05) is 60.7 Å². The van der Waals surface area contributed by atoms with Crippen molar-refractivity contribution in [1.82, 2.24) is 9.88 Å². The van der Waals surface area contributed by atoms with Crippen LogP contribution in [0.25, 0.3) is 0 Å². The number of fused-ring (bicyclic) bond motifs is 1. The summed E-state index contributed by atoms with van der Waals surface area (Å²) in [4.78, 5) is 24.3. The molecule has 1 saturated heterocycles. The predicted octanol–water partition coefficient (Wildman–Crippen LogP) is 2.81. The molecule has 6 nitrogen and oxygen atoms in total. The number of nitrogens with one attached hydrogen (secondary N) is 1. The maximum absolute atomic E-state index is 12.3. The van der Waals surface area contributed by atoms with E-state index in [1.54, 1.807) is 10.6 Å². The van der Waals surface area contributed by atoms with Crippen LogP contribution in [0.5, 0.6) is 0 Å². The number of primary amides is 1. The quantitative estimate of drug-likeness (QED) is 0.546. The molecular weight excluding hydrogens is 414 g/mol. The highest BCUT2D eigenvalue weighted by Crippen LogP contribution is 2.39. The van der Waals surface area contributed by atoms with Gasteiger partial charge >= 0.3 is 0 Å². The van der Waals surface area contributed by atoms with E-state index in [0.29, 0.717) is 12.5 Å². The van der Waals surface area contributed by atoms with E-state index >= 15 is 0 Å². The van der Waals surface area contributed by atoms with E-state index in [1.807, 2.05) is 36.4 Å². The molecule has 4 N–H and O–H groups in total. The second-order valence-electron chi connectivity index (χ2n) is 9.21. The predicted molar refractivity (Wildman–Crippen MR) is 127 cm³/mol. The van der Waals surface area contributed by atoms with Crippen LogP contribution >= 0.6 is 0 Å². The minimum atomic E-state index is -0.603. The molecule has 0 bridgehead atoms. The minimum absolute atomic E-state index is 0.0274. The average molecular weight is 444 g/mol. The normalized spacial score (nSPS) is 25.0. The molecule has 1 aromatic heterocycles. The summed E-state index contributed by atoms with van der Waals surface area (Å²) in [5.74, 6) is -0.497. The van der Waals surface area contributed by atoms with Crippen LogP contribution < -0.4 is 16.6 Å². The largest absolute Gasteiger partial charge is 0.387 e. The van der Waals surface area contributed by atoms with Gasteiger partial charge in [0.25, 0.3) is 5.56 Å². The van der Waals surface area contributed by atoms with Crippen molar-refractivity contribution in [3.8, 4) is 0 Å². The Balaban J connectivity index is 1.26. The van der Waals surface area contributed by atoms with Crippen LogP contribution in [0.4, 0.5) is 0 Å². The number of benzene rings is 2. The van der Waals surface area contributed by atoms with Gasteiger partial charge in [0.05, 0.1) is 6.10 Å². The van der Waals surface area contributed by atoms with Gasteiger partial charge in [-0.05, 0) is 48.4 Å². The number of carbonyl (C=O) groups excluding carboxylic acids is 1. The lowest BCUT2D eigenvalue weighted by atomic mass is 9.91. The second-order valence-corrected chi connectivity index (χ2v) is 9.21. The number of nitrogens with zero attached hydrogens (tertiary/aromatic N) is 1. The van der Waals surface area contributed by atoms with E-state index < -0.39 is 18.1 Å². The van der Waals surface area contributed by atoms with E-state index in [0.717, 1.165) is 36.1 Å². The Morgan fingerprint density at radius 2 is 1.79 bits per heavy atom. The maximum Gasteiger partial charge on any atom is 0.251 e. The first-order valence-electron chi connectivity index (χ1n) is 11.6. The van der Waals surface area contributed by atoms with Gasteiger partial charge in [-0.2, -0.15) is 0 Å². The molecule has 1 amide bonds. The summed E-state index contributed by atoms with van der Waals surface area (Å²) < 4.78 is 1.54. The Morgan fingerprint density at radius 3 is 2.52 bits per heavy atom. The van der Waals surface area contributed by atoms with Crippen LogP contribution in [0.2, 0.25) is 0 Å². The Morgan fingerprint density at radius 1 is 1.03 bits per heavy atom. The van der Waals surface area contributed by atoms with Gasteiger partial charge < -0.3 is 16.2 Å². The number of pyridine rings is 1. The SMILES string of the molecule is NC(=O)C1CC(c2ccc(C[C@@H]3CC[C@H]([C@H](O)c4ccccc4)N3)cc2)c2cccc(=O)n21. The molecule has 5 rings (SSSR count). The van der Waals surface area contributed by atoms with E-state index in [1.165, 1.54) is 11.6 Å². The number of hydrogen-bond donors (Lipinski definition) is 3. The van der Waals surface area contributed by atoms with Crippen molar-refractivity contribution in [2.45, 2.75) is 55.8 Å². The number of nitrogens with two attached hydrogens (primary N) is 1. The molecule has 1 fully saturated rings. The van der Waals surface area contributed by atoms with Gasteiger partial charge in [0.15, 0.2) is 0 Å². The fourth-order valence-corrected chi connectivity index (χ4v) is 5.45. The fourth-order valence-electron chi connectivity index (χ4n) is 5.45.